The molecule has 0 radical (unpaired) electrons. The molecule has 186 valence electrons. The molecule has 2 aromatic rings. The van der Waals surface area contributed by atoms with Gasteiger partial charge in [0.15, 0.2) is 0 Å². The van der Waals surface area contributed by atoms with E-state index >= 15 is 0 Å². The van der Waals surface area contributed by atoms with Gasteiger partial charge >= 0.3 is 0 Å². The Hall–Kier alpha value is -3.27. The molecule has 3 aliphatic rings. The second-order valence-electron chi connectivity index (χ2n) is 9.62. The summed E-state index contributed by atoms with van der Waals surface area (Å²) in [7, 11) is 2.14. The number of hydrogen-bond acceptors (Lipinski definition) is 7. The van der Waals surface area contributed by atoms with Gasteiger partial charge < -0.3 is 24.5 Å². The summed E-state index contributed by atoms with van der Waals surface area (Å²) in [6.45, 7) is 8.74. The number of carbonyl (C=O) groups is 2. The van der Waals surface area contributed by atoms with Crippen molar-refractivity contribution in [3.05, 3.63) is 42.0 Å². The number of amides is 2. The Morgan fingerprint density at radius 2 is 1.49 bits per heavy atom. The molecule has 1 atom stereocenters. The first kappa shape index (κ1) is 23.5. The summed E-state index contributed by atoms with van der Waals surface area (Å²) in [6, 6.07) is 7.89. The number of benzene rings is 1. The minimum atomic E-state index is -0.371. The molecule has 9 nitrogen and oxygen atoms in total. The van der Waals surface area contributed by atoms with Crippen LogP contribution in [0.25, 0.3) is 0 Å². The molecule has 3 fully saturated rings. The largest absolute Gasteiger partial charge is 0.354 e. The van der Waals surface area contributed by atoms with Crippen molar-refractivity contribution < 1.29 is 14.0 Å². The highest BCUT2D eigenvalue weighted by Crippen LogP contribution is 2.27. The lowest BCUT2D eigenvalue weighted by Gasteiger charge is -2.37. The fourth-order valence-electron chi connectivity index (χ4n) is 5.05. The first-order chi connectivity index (χ1) is 16.9. The standard InChI is InChI=1S/C25H32FN7O2/c1-18-27-22(30-9-7-29(2)8-10-30)16-23(28-18)31-11-13-32(14-12-31)25(35)19-15-24(34)33(17-19)21-5-3-20(26)4-6-21/h3-6,16,19H,7-15,17H2,1-2H3. The maximum atomic E-state index is 13.2. The zero-order chi connectivity index (χ0) is 24.5. The van der Waals surface area contributed by atoms with Crippen molar-refractivity contribution in [1.82, 2.24) is 19.8 Å². The fraction of sp³-hybridized carbons (Fsp3) is 0.520. The minimum Gasteiger partial charge on any atom is -0.354 e. The van der Waals surface area contributed by atoms with Crippen LogP contribution in [0.15, 0.2) is 30.3 Å². The van der Waals surface area contributed by atoms with Gasteiger partial charge in [0.2, 0.25) is 11.8 Å². The second-order valence-corrected chi connectivity index (χ2v) is 9.62. The molecular formula is C25H32FN7O2. The normalized spacial score (nSPS) is 21.7. The minimum absolute atomic E-state index is 0.0135. The molecule has 1 aromatic heterocycles. The van der Waals surface area contributed by atoms with Gasteiger partial charge in [-0.2, -0.15) is 0 Å². The van der Waals surface area contributed by atoms with Crippen LogP contribution in [0, 0.1) is 18.7 Å². The molecule has 0 N–H and O–H groups in total. The van der Waals surface area contributed by atoms with Crippen molar-refractivity contribution in [2.45, 2.75) is 13.3 Å². The molecule has 2 amide bonds. The number of carbonyl (C=O) groups excluding carboxylic acids is 2. The average molecular weight is 482 g/mol. The summed E-state index contributed by atoms with van der Waals surface area (Å²) < 4.78 is 13.2. The van der Waals surface area contributed by atoms with E-state index in [1.807, 2.05) is 11.8 Å². The number of nitrogens with zero attached hydrogens (tertiary/aromatic N) is 7. The van der Waals surface area contributed by atoms with Crippen LogP contribution in [0.3, 0.4) is 0 Å². The predicted molar refractivity (Wildman–Crippen MR) is 132 cm³/mol. The first-order valence-electron chi connectivity index (χ1n) is 12.3. The Morgan fingerprint density at radius 3 is 2.09 bits per heavy atom. The highest BCUT2D eigenvalue weighted by molar-refractivity contribution is 6.00. The molecule has 4 heterocycles. The summed E-state index contributed by atoms with van der Waals surface area (Å²) in [6.07, 6.45) is 0.190. The lowest BCUT2D eigenvalue weighted by molar-refractivity contribution is -0.136. The van der Waals surface area contributed by atoms with E-state index in [0.29, 0.717) is 38.4 Å². The molecule has 1 unspecified atom stereocenters. The molecular weight excluding hydrogens is 449 g/mol. The number of hydrogen-bond donors (Lipinski definition) is 0. The zero-order valence-corrected chi connectivity index (χ0v) is 20.4. The maximum absolute atomic E-state index is 13.2. The van der Waals surface area contributed by atoms with Gasteiger partial charge in [-0.3, -0.25) is 9.59 Å². The molecule has 0 aliphatic carbocycles. The monoisotopic (exact) mass is 481 g/mol. The Labute approximate surface area is 205 Å². The molecule has 10 heteroatoms. The van der Waals surface area contributed by atoms with Crippen LogP contribution in [-0.4, -0.2) is 97.5 Å². The Bertz CT molecular complexity index is 1080. The van der Waals surface area contributed by atoms with Gasteiger partial charge in [0.05, 0.1) is 5.92 Å². The summed E-state index contributed by atoms with van der Waals surface area (Å²) >= 11 is 0. The van der Waals surface area contributed by atoms with E-state index in [1.54, 1.807) is 17.0 Å². The topological polar surface area (TPSA) is 76.1 Å². The van der Waals surface area contributed by atoms with E-state index in [1.165, 1.54) is 12.1 Å². The molecule has 35 heavy (non-hydrogen) atoms. The van der Waals surface area contributed by atoms with E-state index in [9.17, 15) is 14.0 Å². The number of anilines is 3. The molecule has 0 bridgehead atoms. The lowest BCUT2D eigenvalue weighted by atomic mass is 10.1. The second kappa shape index (κ2) is 9.77. The summed E-state index contributed by atoms with van der Waals surface area (Å²) in [5.74, 6) is 1.81. The first-order valence-corrected chi connectivity index (χ1v) is 12.3. The maximum Gasteiger partial charge on any atom is 0.228 e. The van der Waals surface area contributed by atoms with E-state index < -0.39 is 0 Å². The quantitative estimate of drug-likeness (QED) is 0.653. The van der Waals surface area contributed by atoms with Crippen LogP contribution in [0.1, 0.15) is 12.2 Å². The van der Waals surface area contributed by atoms with Gasteiger partial charge in [-0.25, -0.2) is 14.4 Å². The molecule has 0 saturated carbocycles. The Kier molecular flexibility index (Phi) is 6.55. The number of aromatic nitrogens is 2. The van der Waals surface area contributed by atoms with Crippen LogP contribution in [0.4, 0.5) is 21.7 Å². The highest BCUT2D eigenvalue weighted by Gasteiger charge is 2.38. The van der Waals surface area contributed by atoms with Gasteiger partial charge in [0.25, 0.3) is 0 Å². The molecule has 0 spiro atoms. The number of likely N-dealkylation sites (N-methyl/N-ethyl adjacent to an activating group) is 1. The third-order valence-corrected chi connectivity index (χ3v) is 7.17. The SMILES string of the molecule is Cc1nc(N2CCN(C)CC2)cc(N2CCN(C(=O)C3CC(=O)N(c4ccc(F)cc4)C3)CC2)n1. The summed E-state index contributed by atoms with van der Waals surface area (Å²) in [5, 5.41) is 0. The third kappa shape index (κ3) is 5.07. The molecule has 3 aliphatic heterocycles. The predicted octanol–water partition coefficient (Wildman–Crippen LogP) is 1.38. The van der Waals surface area contributed by atoms with E-state index in [4.69, 9.17) is 0 Å². The van der Waals surface area contributed by atoms with Crippen LogP contribution < -0.4 is 14.7 Å². The van der Waals surface area contributed by atoms with Crippen LogP contribution in [0.2, 0.25) is 0 Å². The Morgan fingerprint density at radius 1 is 0.914 bits per heavy atom. The van der Waals surface area contributed by atoms with Crippen molar-refractivity contribution in [2.75, 3.05) is 80.7 Å². The smallest absolute Gasteiger partial charge is 0.228 e. The van der Waals surface area contributed by atoms with Crippen LogP contribution >= 0.6 is 0 Å². The van der Waals surface area contributed by atoms with Gasteiger partial charge in [-0.15, -0.1) is 0 Å². The summed E-state index contributed by atoms with van der Waals surface area (Å²) in [5.41, 5.74) is 0.631. The van der Waals surface area contributed by atoms with E-state index in [0.717, 1.165) is 43.6 Å². The molecule has 3 saturated heterocycles. The van der Waals surface area contributed by atoms with Crippen molar-refractivity contribution in [3.8, 4) is 0 Å². The van der Waals surface area contributed by atoms with Gasteiger partial charge in [-0.05, 0) is 38.2 Å². The molecule has 1 aromatic carbocycles. The summed E-state index contributed by atoms with van der Waals surface area (Å²) in [4.78, 5) is 45.3. The number of rotatable bonds is 4. The number of aryl methyl sites for hydroxylation is 1. The van der Waals surface area contributed by atoms with Crippen LogP contribution in [-0.2, 0) is 9.59 Å². The number of halogens is 1. The zero-order valence-electron chi connectivity index (χ0n) is 20.4. The van der Waals surface area contributed by atoms with Crippen LogP contribution in [0.5, 0.6) is 0 Å². The van der Waals surface area contributed by atoms with Crippen molar-refractivity contribution in [3.63, 3.8) is 0 Å². The van der Waals surface area contributed by atoms with Crippen molar-refractivity contribution >= 4 is 29.1 Å². The average Bonchev–Trinajstić information content (AvgIpc) is 3.25. The molecule has 5 rings (SSSR count). The van der Waals surface area contributed by atoms with Crippen molar-refractivity contribution in [1.29, 1.82) is 0 Å². The van der Waals surface area contributed by atoms with Gasteiger partial charge in [0.1, 0.15) is 23.3 Å². The van der Waals surface area contributed by atoms with E-state index in [2.05, 4.69) is 37.8 Å². The lowest BCUT2D eigenvalue weighted by Crippen LogP contribution is -2.51. The van der Waals surface area contributed by atoms with Crippen molar-refractivity contribution in [2.24, 2.45) is 5.92 Å². The number of piperazine rings is 2. The van der Waals surface area contributed by atoms with E-state index in [-0.39, 0.29) is 30.0 Å². The Balaban J connectivity index is 1.19. The fourth-order valence-corrected chi connectivity index (χ4v) is 5.05. The highest BCUT2D eigenvalue weighted by atomic mass is 19.1. The third-order valence-electron chi connectivity index (χ3n) is 7.17. The van der Waals surface area contributed by atoms with Gasteiger partial charge in [0, 0.05) is 77.1 Å². The van der Waals surface area contributed by atoms with Gasteiger partial charge in [-0.1, -0.05) is 0 Å².